The molecule has 13 aromatic rings. The molecule has 0 N–H and O–H groups in total. The van der Waals surface area contributed by atoms with Gasteiger partial charge in [0.2, 0.25) is 0 Å². The molecule has 0 unspecified atom stereocenters. The van der Waals surface area contributed by atoms with Crippen LogP contribution < -0.4 is 0 Å². The molecule has 2 aliphatic carbocycles. The maximum absolute atomic E-state index is 15.5. The molecule has 5 nitrogen and oxygen atoms in total. The first-order valence-corrected chi connectivity index (χ1v) is 26.4. The number of alkyl halides is 3. The first kappa shape index (κ1) is 45.9. The molecule has 374 valence electrons. The summed E-state index contributed by atoms with van der Waals surface area (Å²) < 4.78 is 51.0. The first-order chi connectivity index (χ1) is 37.9. The Hall–Kier alpha value is -9.40. The van der Waals surface area contributed by atoms with E-state index in [4.69, 9.17) is 15.0 Å². The summed E-state index contributed by atoms with van der Waals surface area (Å²) in [6.45, 7) is 9.12. The minimum atomic E-state index is -4.65. The van der Waals surface area contributed by atoms with Crippen molar-refractivity contribution in [3.63, 3.8) is 0 Å². The number of rotatable bonds is 6. The lowest BCUT2D eigenvalue weighted by atomic mass is 9.80. The van der Waals surface area contributed by atoms with E-state index in [0.29, 0.717) is 39.9 Å². The summed E-state index contributed by atoms with van der Waals surface area (Å²) in [5.41, 5.74) is 16.6. The van der Waals surface area contributed by atoms with E-state index in [2.05, 4.69) is 152 Å². The molecule has 78 heavy (non-hydrogen) atoms. The summed E-state index contributed by atoms with van der Waals surface area (Å²) in [5.74, 6) is 1.43. The smallest absolute Gasteiger partial charge is 0.309 e. The third-order valence-corrected chi connectivity index (χ3v) is 16.8. The Bertz CT molecular complexity index is 4600. The van der Waals surface area contributed by atoms with Gasteiger partial charge in [0, 0.05) is 60.2 Å². The van der Waals surface area contributed by atoms with E-state index < -0.39 is 17.2 Å². The van der Waals surface area contributed by atoms with Crippen LogP contribution in [0.1, 0.15) is 55.5 Å². The van der Waals surface area contributed by atoms with E-state index in [1.54, 1.807) is 6.07 Å². The number of hydrogen-bond donors (Lipinski definition) is 0. The van der Waals surface area contributed by atoms with Crippen LogP contribution in [0, 0.1) is 0 Å². The number of fused-ring (bicyclic) bond motifs is 14. The van der Waals surface area contributed by atoms with Gasteiger partial charge in [-0.05, 0) is 99.1 Å². The quantitative estimate of drug-likeness (QED) is 0.167. The molecule has 0 amide bonds. The Morgan fingerprint density at radius 2 is 0.782 bits per heavy atom. The minimum absolute atomic E-state index is 0.327. The molecule has 0 atom stereocenters. The molecular formula is C70H48F3N5. The van der Waals surface area contributed by atoms with Gasteiger partial charge in [0.1, 0.15) is 0 Å². The lowest BCUT2D eigenvalue weighted by Gasteiger charge is -2.23. The maximum atomic E-state index is 15.5. The van der Waals surface area contributed by atoms with Crippen molar-refractivity contribution >= 4 is 43.6 Å². The zero-order chi connectivity index (χ0) is 52.8. The van der Waals surface area contributed by atoms with Crippen LogP contribution in [0.25, 0.3) is 123 Å². The van der Waals surface area contributed by atoms with Crippen molar-refractivity contribution in [2.24, 2.45) is 0 Å². The Kier molecular flexibility index (Phi) is 9.75. The Morgan fingerprint density at radius 1 is 0.346 bits per heavy atom. The third-order valence-electron chi connectivity index (χ3n) is 16.8. The highest BCUT2D eigenvalue weighted by molar-refractivity contribution is 6.16. The Morgan fingerprint density at radius 3 is 1.29 bits per heavy atom. The second-order valence-electron chi connectivity index (χ2n) is 21.8. The van der Waals surface area contributed by atoms with Crippen LogP contribution >= 0.6 is 0 Å². The van der Waals surface area contributed by atoms with Gasteiger partial charge in [0.25, 0.3) is 0 Å². The second-order valence-corrected chi connectivity index (χ2v) is 21.8. The zero-order valence-corrected chi connectivity index (χ0v) is 43.2. The van der Waals surface area contributed by atoms with Crippen molar-refractivity contribution in [1.82, 2.24) is 24.1 Å². The second kappa shape index (κ2) is 16.6. The molecular weight excluding hydrogens is 968 g/mol. The highest BCUT2D eigenvalue weighted by Gasteiger charge is 2.40. The van der Waals surface area contributed by atoms with E-state index in [9.17, 15) is 0 Å². The summed E-state index contributed by atoms with van der Waals surface area (Å²) in [4.78, 5) is 15.4. The molecule has 0 spiro atoms. The molecule has 0 saturated heterocycles. The van der Waals surface area contributed by atoms with E-state index in [1.807, 2.05) is 84.9 Å². The monoisotopic (exact) mass is 1020 g/mol. The van der Waals surface area contributed by atoms with Gasteiger partial charge >= 0.3 is 6.18 Å². The third kappa shape index (κ3) is 6.59. The van der Waals surface area contributed by atoms with Gasteiger partial charge in [0.05, 0.1) is 39.0 Å². The predicted molar refractivity (Wildman–Crippen MR) is 310 cm³/mol. The number of benzene rings is 10. The highest BCUT2D eigenvalue weighted by Crippen LogP contribution is 2.56. The molecule has 3 heterocycles. The standard InChI is InChI=1S/C70H48F3N5/c1-68(2)53-27-15-11-23-45(53)48-34-37-58-61(63(48)68)50-25-13-17-29-55(50)77(58)57-36-31-43(67-75-65(41-19-7-5-8-20-41)74-66(76-67)42-21-9-6-10-22-42)39-52(57)47-33-32-44(70(71,72)73)40-60(47)78-56-30-18-14-26-51(56)62-59(78)38-35-49-46-24-12-16-28-54(46)69(3,4)64(49)62/h5-40H,1-4H3. The fourth-order valence-electron chi connectivity index (χ4n) is 13.3. The van der Waals surface area contributed by atoms with Gasteiger partial charge in [-0.3, -0.25) is 0 Å². The summed E-state index contributed by atoms with van der Waals surface area (Å²) in [6, 6.07) is 72.7. The van der Waals surface area contributed by atoms with Crippen LogP contribution in [-0.4, -0.2) is 24.1 Å². The van der Waals surface area contributed by atoms with Gasteiger partial charge in [-0.15, -0.1) is 0 Å². The summed E-state index contributed by atoms with van der Waals surface area (Å²) in [6.07, 6.45) is -4.65. The normalized spacial score (nSPS) is 14.0. The molecule has 2 aliphatic rings. The van der Waals surface area contributed by atoms with E-state index >= 15 is 13.2 Å². The van der Waals surface area contributed by atoms with Crippen LogP contribution in [0.15, 0.2) is 218 Å². The van der Waals surface area contributed by atoms with Crippen molar-refractivity contribution in [2.45, 2.75) is 44.7 Å². The number of nitrogens with zero attached hydrogens (tertiary/aromatic N) is 5. The molecule has 10 aromatic carbocycles. The van der Waals surface area contributed by atoms with Crippen LogP contribution in [0.4, 0.5) is 13.2 Å². The van der Waals surface area contributed by atoms with Gasteiger partial charge < -0.3 is 9.13 Å². The van der Waals surface area contributed by atoms with Crippen LogP contribution in [0.5, 0.6) is 0 Å². The van der Waals surface area contributed by atoms with Crippen molar-refractivity contribution < 1.29 is 13.2 Å². The molecule has 3 aromatic heterocycles. The average molecular weight is 1020 g/mol. The van der Waals surface area contributed by atoms with Crippen molar-refractivity contribution in [1.29, 1.82) is 0 Å². The van der Waals surface area contributed by atoms with Crippen LogP contribution in [-0.2, 0) is 17.0 Å². The van der Waals surface area contributed by atoms with Crippen LogP contribution in [0.3, 0.4) is 0 Å². The number of hydrogen-bond acceptors (Lipinski definition) is 3. The Labute approximate surface area is 448 Å². The lowest BCUT2D eigenvalue weighted by Crippen LogP contribution is -2.15. The Balaban J connectivity index is 1.06. The van der Waals surface area contributed by atoms with Crippen molar-refractivity contribution in [3.8, 4) is 78.9 Å². The predicted octanol–water partition coefficient (Wildman–Crippen LogP) is 18.4. The maximum Gasteiger partial charge on any atom is 0.416 e. The van der Waals surface area contributed by atoms with Gasteiger partial charge in [-0.25, -0.2) is 15.0 Å². The minimum Gasteiger partial charge on any atom is -0.309 e. The fraction of sp³-hybridized carbons (Fsp3) is 0.100. The van der Waals surface area contributed by atoms with Gasteiger partial charge in [-0.1, -0.05) is 191 Å². The molecule has 0 bridgehead atoms. The summed E-state index contributed by atoms with van der Waals surface area (Å²) >= 11 is 0. The number of para-hydroxylation sites is 2. The van der Waals surface area contributed by atoms with Crippen molar-refractivity contribution in [2.75, 3.05) is 0 Å². The molecule has 15 rings (SSSR count). The topological polar surface area (TPSA) is 48.5 Å². The molecule has 8 heteroatoms. The van der Waals surface area contributed by atoms with Gasteiger partial charge in [0.15, 0.2) is 17.5 Å². The highest BCUT2D eigenvalue weighted by atomic mass is 19.4. The largest absolute Gasteiger partial charge is 0.416 e. The van der Waals surface area contributed by atoms with Crippen LogP contribution in [0.2, 0.25) is 0 Å². The fourth-order valence-corrected chi connectivity index (χ4v) is 13.3. The van der Waals surface area contributed by atoms with Crippen molar-refractivity contribution in [3.05, 3.63) is 246 Å². The van der Waals surface area contributed by atoms with E-state index in [0.717, 1.165) is 71.6 Å². The molecule has 0 radical (unpaired) electrons. The summed E-state index contributed by atoms with van der Waals surface area (Å²) in [7, 11) is 0. The molecule has 0 fully saturated rings. The SMILES string of the molecule is CC1(C)c2ccccc2-c2ccc3c(c21)c1ccccc1n3-c1ccc(-c2nc(-c3ccccc3)nc(-c3ccccc3)n2)cc1-c1ccc(C(F)(F)F)cc1-n1c2ccccc2c2c3c(ccc21)-c1ccccc1C3(C)C. The number of halogens is 3. The first-order valence-electron chi connectivity index (χ1n) is 26.4. The average Bonchev–Trinajstić information content (AvgIpc) is 4.31. The molecule has 0 saturated carbocycles. The van der Waals surface area contributed by atoms with Gasteiger partial charge in [-0.2, -0.15) is 13.2 Å². The zero-order valence-electron chi connectivity index (χ0n) is 43.2. The van der Waals surface area contributed by atoms with E-state index in [-0.39, 0.29) is 5.41 Å². The molecule has 0 aliphatic heterocycles. The summed E-state index contributed by atoms with van der Waals surface area (Å²) in [5, 5.41) is 4.22. The van der Waals surface area contributed by atoms with E-state index in [1.165, 1.54) is 45.5 Å². The number of aromatic nitrogens is 5. The lowest BCUT2D eigenvalue weighted by molar-refractivity contribution is -0.137.